The summed E-state index contributed by atoms with van der Waals surface area (Å²) in [5.74, 6) is 0. The molecule has 0 amide bonds. The van der Waals surface area contributed by atoms with Gasteiger partial charge in [0.25, 0.3) is 0 Å². The van der Waals surface area contributed by atoms with Gasteiger partial charge in [-0.25, -0.2) is 5.20 Å². The normalized spacial score (nSPS) is 13.7. The second-order valence-corrected chi connectivity index (χ2v) is 13.3. The van der Waals surface area contributed by atoms with E-state index in [2.05, 4.69) is 32.7 Å². The zero-order valence-electron chi connectivity index (χ0n) is 18.4. The minimum absolute atomic E-state index is 0. The van der Waals surface area contributed by atoms with Crippen LogP contribution in [0.3, 0.4) is 0 Å². The molecule has 0 fully saturated rings. The molecule has 1 rings (SSSR count). The molecule has 0 N–H and O–H groups in total. The maximum absolute atomic E-state index is 6.06. The fourth-order valence-corrected chi connectivity index (χ4v) is 8.68. The van der Waals surface area contributed by atoms with E-state index in [9.17, 15) is 0 Å². The molecule has 26 heavy (non-hydrogen) atoms. The summed E-state index contributed by atoms with van der Waals surface area (Å²) in [6.45, 7) is 18.6. The summed E-state index contributed by atoms with van der Waals surface area (Å²) in [6, 6.07) is 1.06. The van der Waals surface area contributed by atoms with E-state index in [0.29, 0.717) is 19.8 Å². The van der Waals surface area contributed by atoms with Crippen LogP contribution in [0, 0.1) is 28.4 Å². The van der Waals surface area contributed by atoms with E-state index in [0.717, 1.165) is 12.5 Å². The summed E-state index contributed by atoms with van der Waals surface area (Å²) in [7, 11) is -4.31. The Kier molecular flexibility index (Phi) is 19.7. The van der Waals surface area contributed by atoms with Crippen molar-refractivity contribution in [1.82, 2.24) is 0 Å². The minimum atomic E-state index is -2.78. The first-order valence-corrected chi connectivity index (χ1v) is 13.2. The third-order valence-electron chi connectivity index (χ3n) is 3.97. The first-order chi connectivity index (χ1) is 10.4. The van der Waals surface area contributed by atoms with Crippen LogP contribution in [-0.4, -0.2) is 36.7 Å². The summed E-state index contributed by atoms with van der Waals surface area (Å²) in [6.07, 6.45) is 6.42. The molecule has 1 aliphatic rings. The molecule has 0 saturated carbocycles. The Morgan fingerprint density at radius 2 is 1.42 bits per heavy atom. The Morgan fingerprint density at radius 1 is 1.00 bits per heavy atom. The first kappa shape index (κ1) is 33.8. The van der Waals surface area contributed by atoms with Crippen LogP contribution in [-0.2, 0) is 34.3 Å². The molecule has 0 aromatic rings. The van der Waals surface area contributed by atoms with Crippen molar-refractivity contribution in [1.29, 1.82) is 0 Å². The van der Waals surface area contributed by atoms with Gasteiger partial charge in [0, 0.05) is 27.9 Å². The standard InChI is InChI=1S/C17H31O3Si2.3CH3.Pt/c1-8-14-21(6,7)16-12-13-17(15(16)5)22(18-9-2,19-10-3)20-11-4;;;;/h8H,1,9-11,13-14H2,2-7H3;3*1H3;/q4*-1;+4. The average Bonchev–Trinajstić information content (AvgIpc) is 2.82. The van der Waals surface area contributed by atoms with Crippen LogP contribution in [0.2, 0.25) is 19.1 Å². The van der Waals surface area contributed by atoms with Crippen LogP contribution in [0.15, 0.2) is 28.6 Å². The van der Waals surface area contributed by atoms with Gasteiger partial charge >= 0.3 is 29.9 Å². The quantitative estimate of drug-likeness (QED) is 0.186. The smallest absolute Gasteiger partial charge is 0.371 e. The van der Waals surface area contributed by atoms with Crippen LogP contribution < -0.4 is 0 Å². The maximum Gasteiger partial charge on any atom is 4.00 e. The summed E-state index contributed by atoms with van der Waals surface area (Å²) in [5.41, 5.74) is 1.29. The SMILES string of the molecule is C=CC[Si](C)(C)C1=[C-]CC([Si](OCC)(OCC)OCC)=C1C.[CH3-].[CH3-].[CH3-].[Pt+4]. The molecule has 3 nitrogen and oxygen atoms in total. The van der Waals surface area contributed by atoms with Gasteiger partial charge in [0.05, 0.1) is 0 Å². The van der Waals surface area contributed by atoms with Crippen molar-refractivity contribution in [3.05, 3.63) is 57.0 Å². The van der Waals surface area contributed by atoms with Gasteiger partial charge in [-0.05, 0) is 26.8 Å². The number of hydrogen-bond donors (Lipinski definition) is 0. The van der Waals surface area contributed by atoms with Crippen LogP contribution in [0.4, 0.5) is 0 Å². The van der Waals surface area contributed by atoms with Gasteiger partial charge in [-0.1, -0.05) is 24.4 Å². The third kappa shape index (κ3) is 7.69. The van der Waals surface area contributed by atoms with E-state index < -0.39 is 16.9 Å². The van der Waals surface area contributed by atoms with Gasteiger partial charge in [-0.2, -0.15) is 5.57 Å². The zero-order valence-corrected chi connectivity index (χ0v) is 22.6. The molecule has 0 aliphatic heterocycles. The summed E-state index contributed by atoms with van der Waals surface area (Å²) in [5, 5.41) is 2.59. The largest absolute Gasteiger partial charge is 4.00 e. The molecule has 0 aromatic heterocycles. The molecule has 1 aliphatic carbocycles. The molecule has 0 saturated heterocycles. The van der Waals surface area contributed by atoms with Crippen molar-refractivity contribution < 1.29 is 34.3 Å². The monoisotopic (exact) mass is 579 g/mol. The van der Waals surface area contributed by atoms with Crippen molar-refractivity contribution in [3.8, 4) is 0 Å². The molecule has 0 radical (unpaired) electrons. The Morgan fingerprint density at radius 3 is 1.77 bits per heavy atom. The number of allylic oxidation sites excluding steroid dienone is 5. The third-order valence-corrected chi connectivity index (χ3v) is 10.5. The fourth-order valence-electron chi connectivity index (χ4n) is 3.10. The summed E-state index contributed by atoms with van der Waals surface area (Å²) < 4.78 is 18.2. The van der Waals surface area contributed by atoms with Gasteiger partial charge in [-0.3, -0.25) is 6.08 Å². The predicted molar refractivity (Wildman–Crippen MR) is 116 cm³/mol. The van der Waals surface area contributed by atoms with Gasteiger partial charge in [0.2, 0.25) is 0 Å². The molecule has 0 bridgehead atoms. The molecular weight excluding hydrogens is 539 g/mol. The molecule has 6 heteroatoms. The van der Waals surface area contributed by atoms with Gasteiger partial charge in [0.15, 0.2) is 0 Å². The maximum atomic E-state index is 6.06. The summed E-state index contributed by atoms with van der Waals surface area (Å²) in [4.78, 5) is 0. The van der Waals surface area contributed by atoms with Crippen molar-refractivity contribution in [3.63, 3.8) is 0 Å². The predicted octanol–water partition coefficient (Wildman–Crippen LogP) is 5.81. The molecule has 156 valence electrons. The molecular formula is C20H40O3PtSi2. The van der Waals surface area contributed by atoms with Crippen LogP contribution in [0.5, 0.6) is 0 Å². The van der Waals surface area contributed by atoms with E-state index in [4.69, 9.17) is 13.3 Å². The van der Waals surface area contributed by atoms with Gasteiger partial charge in [0.1, 0.15) is 0 Å². The Labute approximate surface area is 180 Å². The Bertz CT molecular complexity index is 443. The molecule has 0 aromatic carbocycles. The molecule has 0 spiro atoms. The van der Waals surface area contributed by atoms with E-state index in [1.807, 2.05) is 26.8 Å². The first-order valence-electron chi connectivity index (χ1n) is 8.23. The van der Waals surface area contributed by atoms with Crippen LogP contribution in [0.25, 0.3) is 0 Å². The van der Waals surface area contributed by atoms with Crippen molar-refractivity contribution in [2.45, 2.75) is 53.3 Å². The van der Waals surface area contributed by atoms with E-state index in [-0.39, 0.29) is 43.3 Å². The zero-order chi connectivity index (χ0) is 16.8. The Balaban J connectivity index is -0.000000605. The second-order valence-electron chi connectivity index (χ2n) is 6.06. The van der Waals surface area contributed by atoms with E-state index >= 15 is 0 Å². The van der Waals surface area contributed by atoms with Crippen molar-refractivity contribution in [2.75, 3.05) is 19.8 Å². The summed E-state index contributed by atoms with van der Waals surface area (Å²) >= 11 is 0. The van der Waals surface area contributed by atoms with Crippen molar-refractivity contribution >= 4 is 16.9 Å². The van der Waals surface area contributed by atoms with Crippen molar-refractivity contribution in [2.24, 2.45) is 0 Å². The molecule has 0 heterocycles. The molecule has 0 unspecified atom stereocenters. The van der Waals surface area contributed by atoms with Gasteiger partial charge < -0.3 is 35.6 Å². The van der Waals surface area contributed by atoms with E-state index in [1.54, 1.807) is 0 Å². The molecule has 0 atom stereocenters. The fraction of sp³-hybridized carbons (Fsp3) is 0.550. The van der Waals surface area contributed by atoms with Crippen LogP contribution in [0.1, 0.15) is 34.1 Å². The van der Waals surface area contributed by atoms with Gasteiger partial charge in [-0.15, -0.1) is 19.9 Å². The second kappa shape index (κ2) is 15.2. The Hall–Kier alpha value is 0.222. The average molecular weight is 580 g/mol. The minimum Gasteiger partial charge on any atom is -0.371 e. The number of hydrogen-bond acceptors (Lipinski definition) is 3. The van der Waals surface area contributed by atoms with E-state index in [1.165, 1.54) is 16.0 Å². The number of rotatable bonds is 10. The topological polar surface area (TPSA) is 27.7 Å². The van der Waals surface area contributed by atoms with Crippen LogP contribution >= 0.6 is 0 Å².